The number of allylic oxidation sites excluding steroid dienone is 2. The predicted octanol–water partition coefficient (Wildman–Crippen LogP) is 4.46. The molecule has 2 heterocycles. The summed E-state index contributed by atoms with van der Waals surface area (Å²) in [4.78, 5) is 39.9. The molecule has 1 N–H and O–H groups in total. The second-order valence-electron chi connectivity index (χ2n) is 10.0. The van der Waals surface area contributed by atoms with Gasteiger partial charge < -0.3 is 14.8 Å². The van der Waals surface area contributed by atoms with Crippen LogP contribution < -0.4 is 5.32 Å². The summed E-state index contributed by atoms with van der Waals surface area (Å²) in [6.45, 7) is 7.84. The Morgan fingerprint density at radius 1 is 1.03 bits per heavy atom. The Bertz CT molecular complexity index is 1290. The van der Waals surface area contributed by atoms with Crippen LogP contribution in [0.3, 0.4) is 0 Å². The van der Waals surface area contributed by atoms with Crippen LogP contribution in [0.2, 0.25) is 0 Å². The smallest absolute Gasteiger partial charge is 0.337 e. The molecule has 9 nitrogen and oxygen atoms in total. The third kappa shape index (κ3) is 5.94. The molecule has 3 atom stereocenters. The molecule has 2 aromatic carbocycles. The molecule has 200 valence electrons. The maximum absolute atomic E-state index is 13.8. The van der Waals surface area contributed by atoms with Gasteiger partial charge in [-0.05, 0) is 37.3 Å². The predicted molar refractivity (Wildman–Crippen MR) is 142 cm³/mol. The Balaban J connectivity index is 1.63. The van der Waals surface area contributed by atoms with E-state index in [0.29, 0.717) is 29.4 Å². The lowest BCUT2D eigenvalue weighted by atomic mass is 9.80. The molecule has 2 aromatic rings. The number of nitrogens with zero attached hydrogens (tertiary/aromatic N) is 2. The second-order valence-corrected chi connectivity index (χ2v) is 10.0. The van der Waals surface area contributed by atoms with Gasteiger partial charge in [-0.3, -0.25) is 15.0 Å². The zero-order chi connectivity index (χ0) is 27.4. The van der Waals surface area contributed by atoms with Gasteiger partial charge in [-0.15, -0.1) is 0 Å². The van der Waals surface area contributed by atoms with Crippen molar-refractivity contribution in [1.82, 2.24) is 10.2 Å². The first-order valence-electron chi connectivity index (χ1n) is 12.7. The molecule has 1 fully saturated rings. The topological polar surface area (TPSA) is 111 Å². The Kier molecular flexibility index (Phi) is 8.26. The summed E-state index contributed by atoms with van der Waals surface area (Å²) in [5.74, 6) is -1.73. The molecule has 2 aliphatic rings. The fraction of sp³-hybridized carbons (Fsp3) is 0.379. The third-order valence-electron chi connectivity index (χ3n) is 7.02. The van der Waals surface area contributed by atoms with Crippen molar-refractivity contribution in [2.45, 2.75) is 45.8 Å². The van der Waals surface area contributed by atoms with Crippen LogP contribution in [0, 0.1) is 16.0 Å². The molecular weight excluding hydrogens is 486 g/mol. The highest BCUT2D eigenvalue weighted by Gasteiger charge is 2.39. The van der Waals surface area contributed by atoms with Crippen molar-refractivity contribution in [3.05, 3.63) is 98.4 Å². The highest BCUT2D eigenvalue weighted by molar-refractivity contribution is 6.00. The van der Waals surface area contributed by atoms with Gasteiger partial charge in [0.2, 0.25) is 0 Å². The maximum atomic E-state index is 13.8. The van der Waals surface area contributed by atoms with E-state index in [-0.39, 0.29) is 22.9 Å². The van der Waals surface area contributed by atoms with Gasteiger partial charge in [-0.1, -0.05) is 49.4 Å². The minimum Gasteiger partial charge on any atom is -0.466 e. The van der Waals surface area contributed by atoms with Crippen molar-refractivity contribution in [2.24, 2.45) is 5.92 Å². The number of rotatable bonds is 7. The number of non-ortho nitro benzene ring substituents is 1. The fourth-order valence-corrected chi connectivity index (χ4v) is 5.47. The number of nitro groups is 1. The summed E-state index contributed by atoms with van der Waals surface area (Å²) >= 11 is 0. The van der Waals surface area contributed by atoms with Crippen molar-refractivity contribution in [1.29, 1.82) is 0 Å². The van der Waals surface area contributed by atoms with Crippen LogP contribution in [-0.4, -0.2) is 48.1 Å². The van der Waals surface area contributed by atoms with Crippen molar-refractivity contribution in [3.8, 4) is 0 Å². The van der Waals surface area contributed by atoms with E-state index in [1.54, 1.807) is 26.0 Å². The molecule has 0 amide bonds. The number of methoxy groups -OCH3 is 1. The summed E-state index contributed by atoms with van der Waals surface area (Å²) in [6.07, 6.45) is 0.381. The van der Waals surface area contributed by atoms with E-state index in [0.717, 1.165) is 19.5 Å². The second kappa shape index (κ2) is 11.6. The average Bonchev–Trinajstić information content (AvgIpc) is 2.88. The van der Waals surface area contributed by atoms with E-state index in [1.807, 2.05) is 18.2 Å². The van der Waals surface area contributed by atoms with Crippen LogP contribution in [0.15, 0.2) is 77.1 Å². The zero-order valence-electron chi connectivity index (χ0n) is 22.1. The van der Waals surface area contributed by atoms with Crippen LogP contribution in [0.25, 0.3) is 0 Å². The Morgan fingerprint density at radius 2 is 1.71 bits per heavy atom. The summed E-state index contributed by atoms with van der Waals surface area (Å²) < 4.78 is 11.1. The minimum absolute atomic E-state index is 0.133. The van der Waals surface area contributed by atoms with Crippen molar-refractivity contribution < 1.29 is 24.0 Å². The van der Waals surface area contributed by atoms with Gasteiger partial charge in [0.15, 0.2) is 0 Å². The number of benzene rings is 2. The molecule has 9 heteroatoms. The molecule has 2 aliphatic heterocycles. The molecule has 0 aromatic heterocycles. The van der Waals surface area contributed by atoms with Crippen LogP contribution in [0.5, 0.6) is 0 Å². The summed E-state index contributed by atoms with van der Waals surface area (Å²) in [5, 5.41) is 14.6. The monoisotopic (exact) mass is 519 g/mol. The molecule has 0 bridgehead atoms. The molecule has 4 rings (SSSR count). The van der Waals surface area contributed by atoms with Gasteiger partial charge in [-0.2, -0.15) is 0 Å². The molecular formula is C29H33N3O6. The van der Waals surface area contributed by atoms with E-state index in [4.69, 9.17) is 9.47 Å². The highest BCUT2D eigenvalue weighted by Crippen LogP contribution is 2.40. The van der Waals surface area contributed by atoms with Gasteiger partial charge in [0.1, 0.15) is 6.10 Å². The van der Waals surface area contributed by atoms with E-state index in [9.17, 15) is 19.7 Å². The number of nitrogens with one attached hydrogen (secondary N) is 1. The van der Waals surface area contributed by atoms with Gasteiger partial charge in [0, 0.05) is 43.2 Å². The number of hydrogen-bond acceptors (Lipinski definition) is 8. The third-order valence-corrected chi connectivity index (χ3v) is 7.02. The number of carbonyl (C=O) groups is 2. The van der Waals surface area contributed by atoms with Crippen LogP contribution in [0.1, 0.15) is 44.2 Å². The fourth-order valence-electron chi connectivity index (χ4n) is 5.47. The number of esters is 2. The maximum Gasteiger partial charge on any atom is 0.337 e. The zero-order valence-corrected chi connectivity index (χ0v) is 22.1. The molecule has 1 saturated heterocycles. The lowest BCUT2D eigenvalue weighted by Gasteiger charge is -2.37. The summed E-state index contributed by atoms with van der Waals surface area (Å²) in [7, 11) is 1.26. The van der Waals surface area contributed by atoms with Gasteiger partial charge in [0.25, 0.3) is 5.69 Å². The van der Waals surface area contributed by atoms with Gasteiger partial charge in [-0.25, -0.2) is 9.59 Å². The van der Waals surface area contributed by atoms with Gasteiger partial charge in [0.05, 0.1) is 29.1 Å². The highest BCUT2D eigenvalue weighted by atomic mass is 16.6. The number of hydrogen-bond donors (Lipinski definition) is 1. The minimum atomic E-state index is -0.877. The van der Waals surface area contributed by atoms with E-state index in [1.165, 1.54) is 24.8 Å². The summed E-state index contributed by atoms with van der Waals surface area (Å²) in [6, 6.07) is 16.1. The van der Waals surface area contributed by atoms with Crippen LogP contribution >= 0.6 is 0 Å². The molecule has 0 radical (unpaired) electrons. The van der Waals surface area contributed by atoms with Crippen molar-refractivity contribution in [3.63, 3.8) is 0 Å². The Hall–Kier alpha value is -3.98. The summed E-state index contributed by atoms with van der Waals surface area (Å²) in [5.41, 5.74) is 3.00. The SMILES string of the molecule is COC(=O)C1=C(C)NC(C)=C(C(=O)OC2C[C@@H](C)CN(Cc3ccccc3)C2)C1c1cccc([N+](=O)[O-])c1. The number of carbonyl (C=O) groups excluding carboxylic acids is 2. The largest absolute Gasteiger partial charge is 0.466 e. The number of piperidine rings is 1. The first-order valence-corrected chi connectivity index (χ1v) is 12.7. The van der Waals surface area contributed by atoms with Gasteiger partial charge >= 0.3 is 11.9 Å². The number of ether oxygens (including phenoxy) is 2. The van der Waals surface area contributed by atoms with E-state index in [2.05, 4.69) is 29.3 Å². The van der Waals surface area contributed by atoms with Crippen molar-refractivity contribution in [2.75, 3.05) is 20.2 Å². The molecule has 0 spiro atoms. The Labute approximate surface area is 222 Å². The van der Waals surface area contributed by atoms with E-state index >= 15 is 0 Å². The molecule has 2 unspecified atom stereocenters. The first kappa shape index (κ1) is 27.1. The average molecular weight is 520 g/mol. The van der Waals surface area contributed by atoms with E-state index < -0.39 is 22.8 Å². The number of nitro benzene ring substituents is 1. The van der Waals surface area contributed by atoms with Crippen LogP contribution in [0.4, 0.5) is 5.69 Å². The lowest BCUT2D eigenvalue weighted by Crippen LogP contribution is -2.44. The number of dihydropyridines is 1. The van der Waals surface area contributed by atoms with Crippen molar-refractivity contribution >= 4 is 17.6 Å². The molecule has 38 heavy (non-hydrogen) atoms. The molecule has 0 aliphatic carbocycles. The lowest BCUT2D eigenvalue weighted by molar-refractivity contribution is -0.384. The first-order chi connectivity index (χ1) is 18.2. The van der Waals surface area contributed by atoms with Crippen LogP contribution in [-0.2, 0) is 25.6 Å². The number of likely N-dealkylation sites (tertiary alicyclic amines) is 1. The quantitative estimate of drug-likeness (QED) is 0.324. The standard InChI is InChI=1S/C29H33N3O6/c1-18-13-24(17-31(15-18)16-21-9-6-5-7-10-21)38-29(34)26-20(3)30-19(2)25(28(33)37-4)27(26)22-11-8-12-23(14-22)32(35)36/h5-12,14,18,24,27,30H,13,15-17H2,1-4H3/t18-,24?,27?/m1/s1. The Morgan fingerprint density at radius 3 is 2.37 bits per heavy atom. The molecule has 0 saturated carbocycles. The normalized spacial score (nSPS) is 22.1.